The molecular formula is C13H18N2O4S. The number of carbonyl (C=O) groups excluding carboxylic acids is 1. The normalized spacial score (nSPS) is 19.1. The predicted octanol–water partition coefficient (Wildman–Crippen LogP) is 0.503. The van der Waals surface area contributed by atoms with Crippen LogP contribution in [0.25, 0.3) is 0 Å². The second-order valence-corrected chi connectivity index (χ2v) is 6.57. The Bertz CT molecular complexity index is 621. The van der Waals surface area contributed by atoms with Gasteiger partial charge in [-0.15, -0.1) is 0 Å². The highest BCUT2D eigenvalue weighted by atomic mass is 32.2. The van der Waals surface area contributed by atoms with Crippen molar-refractivity contribution in [1.29, 1.82) is 0 Å². The van der Waals surface area contributed by atoms with Gasteiger partial charge in [-0.2, -0.15) is 0 Å². The summed E-state index contributed by atoms with van der Waals surface area (Å²) in [6, 6.07) is 4.45. The van der Waals surface area contributed by atoms with Crippen molar-refractivity contribution in [3.05, 3.63) is 29.3 Å². The molecule has 110 valence electrons. The highest BCUT2D eigenvalue weighted by molar-refractivity contribution is 7.89. The van der Waals surface area contributed by atoms with E-state index in [0.29, 0.717) is 24.3 Å². The second kappa shape index (κ2) is 5.51. The molecule has 7 heteroatoms. The number of hydrogen-bond donors (Lipinski definition) is 1. The lowest BCUT2D eigenvalue weighted by Crippen LogP contribution is -2.37. The van der Waals surface area contributed by atoms with Crippen LogP contribution in [0.5, 0.6) is 0 Å². The maximum absolute atomic E-state index is 12.4. The molecule has 1 aliphatic rings. The topological polar surface area (TPSA) is 89.7 Å². The summed E-state index contributed by atoms with van der Waals surface area (Å²) in [5, 5.41) is 5.12. The van der Waals surface area contributed by atoms with Gasteiger partial charge in [-0.25, -0.2) is 13.6 Å². The molecule has 0 spiro atoms. The van der Waals surface area contributed by atoms with E-state index in [4.69, 9.17) is 9.88 Å². The predicted molar refractivity (Wildman–Crippen MR) is 73.9 cm³/mol. The fourth-order valence-corrected chi connectivity index (χ4v) is 2.87. The summed E-state index contributed by atoms with van der Waals surface area (Å²) < 4.78 is 28.1. The minimum atomic E-state index is -3.82. The fourth-order valence-electron chi connectivity index (χ4n) is 2.23. The lowest BCUT2D eigenvalue weighted by Gasteiger charge is -2.23. The molecular weight excluding hydrogens is 280 g/mol. The molecule has 1 aromatic carbocycles. The first-order valence-electron chi connectivity index (χ1n) is 6.28. The van der Waals surface area contributed by atoms with Gasteiger partial charge in [0.2, 0.25) is 10.0 Å². The van der Waals surface area contributed by atoms with Crippen molar-refractivity contribution in [2.75, 3.05) is 20.3 Å². The summed E-state index contributed by atoms with van der Waals surface area (Å²) in [5.41, 5.74) is 0.999. The van der Waals surface area contributed by atoms with Crippen LogP contribution >= 0.6 is 0 Å². The van der Waals surface area contributed by atoms with Crippen molar-refractivity contribution in [3.8, 4) is 0 Å². The SMILES string of the molecule is Cc1cc(C(=O)N(C)C2CCOC2)cc(S(N)(=O)=O)c1. The molecule has 0 saturated carbocycles. The molecule has 1 aliphatic heterocycles. The van der Waals surface area contributed by atoms with E-state index in [9.17, 15) is 13.2 Å². The third-order valence-electron chi connectivity index (χ3n) is 3.40. The minimum absolute atomic E-state index is 0.0287. The molecule has 1 aromatic rings. The third-order valence-corrected chi connectivity index (χ3v) is 4.29. The minimum Gasteiger partial charge on any atom is -0.379 e. The number of likely N-dealkylation sites (N-methyl/N-ethyl adjacent to an activating group) is 1. The van der Waals surface area contributed by atoms with Crippen LogP contribution in [0.4, 0.5) is 0 Å². The zero-order valence-electron chi connectivity index (χ0n) is 11.5. The van der Waals surface area contributed by atoms with E-state index in [-0.39, 0.29) is 16.8 Å². The van der Waals surface area contributed by atoms with Crippen molar-refractivity contribution in [2.45, 2.75) is 24.3 Å². The molecule has 0 radical (unpaired) electrons. The van der Waals surface area contributed by atoms with Gasteiger partial charge in [-0.3, -0.25) is 4.79 Å². The maximum atomic E-state index is 12.4. The van der Waals surface area contributed by atoms with Crippen molar-refractivity contribution >= 4 is 15.9 Å². The smallest absolute Gasteiger partial charge is 0.253 e. The van der Waals surface area contributed by atoms with Gasteiger partial charge in [-0.05, 0) is 37.1 Å². The van der Waals surface area contributed by atoms with Crippen LogP contribution in [0.1, 0.15) is 22.3 Å². The molecule has 2 N–H and O–H groups in total. The van der Waals surface area contributed by atoms with Gasteiger partial charge in [0.05, 0.1) is 17.5 Å². The molecule has 1 fully saturated rings. The summed E-state index contributed by atoms with van der Waals surface area (Å²) in [7, 11) is -2.13. The number of primary sulfonamides is 1. The molecule has 20 heavy (non-hydrogen) atoms. The van der Waals surface area contributed by atoms with E-state index in [1.54, 1.807) is 24.9 Å². The van der Waals surface area contributed by atoms with Crippen LogP contribution in [0.15, 0.2) is 23.1 Å². The van der Waals surface area contributed by atoms with Gasteiger partial charge >= 0.3 is 0 Å². The third kappa shape index (κ3) is 3.17. The standard InChI is InChI=1S/C13H18N2O4S/c1-9-5-10(7-12(6-9)20(14,17)18)13(16)15(2)11-3-4-19-8-11/h5-7,11H,3-4,8H2,1-2H3,(H2,14,17,18). The monoisotopic (exact) mass is 298 g/mol. The second-order valence-electron chi connectivity index (χ2n) is 5.01. The molecule has 0 bridgehead atoms. The highest BCUT2D eigenvalue weighted by Gasteiger charge is 2.25. The number of rotatable bonds is 3. The largest absolute Gasteiger partial charge is 0.379 e. The van der Waals surface area contributed by atoms with E-state index >= 15 is 0 Å². The Morgan fingerprint density at radius 3 is 2.65 bits per heavy atom. The van der Waals surface area contributed by atoms with Gasteiger partial charge in [-0.1, -0.05) is 0 Å². The maximum Gasteiger partial charge on any atom is 0.253 e. The fraction of sp³-hybridized carbons (Fsp3) is 0.462. The van der Waals surface area contributed by atoms with E-state index in [0.717, 1.165) is 6.42 Å². The Morgan fingerprint density at radius 1 is 1.40 bits per heavy atom. The summed E-state index contributed by atoms with van der Waals surface area (Å²) in [4.78, 5) is 13.9. The molecule has 1 unspecified atom stereocenters. The van der Waals surface area contributed by atoms with E-state index in [1.165, 1.54) is 12.1 Å². The molecule has 6 nitrogen and oxygen atoms in total. The van der Waals surface area contributed by atoms with Gasteiger partial charge in [0.1, 0.15) is 0 Å². The van der Waals surface area contributed by atoms with Crippen molar-refractivity contribution in [1.82, 2.24) is 4.90 Å². The number of nitrogens with two attached hydrogens (primary N) is 1. The van der Waals surface area contributed by atoms with Gasteiger partial charge < -0.3 is 9.64 Å². The van der Waals surface area contributed by atoms with Crippen molar-refractivity contribution in [2.24, 2.45) is 5.14 Å². The van der Waals surface area contributed by atoms with Gasteiger partial charge in [0.25, 0.3) is 5.91 Å². The lowest BCUT2D eigenvalue weighted by atomic mass is 10.1. The number of aryl methyl sites for hydroxylation is 1. The summed E-state index contributed by atoms with van der Waals surface area (Å²) in [6.07, 6.45) is 0.788. The first-order valence-corrected chi connectivity index (χ1v) is 7.83. The van der Waals surface area contributed by atoms with Crippen molar-refractivity contribution < 1.29 is 17.9 Å². The summed E-state index contributed by atoms with van der Waals surface area (Å²) >= 11 is 0. The molecule has 2 rings (SSSR count). The first-order chi connectivity index (χ1) is 9.29. The quantitative estimate of drug-likeness (QED) is 0.880. The summed E-state index contributed by atoms with van der Waals surface area (Å²) in [5.74, 6) is -0.228. The summed E-state index contributed by atoms with van der Waals surface area (Å²) in [6.45, 7) is 2.87. The number of benzene rings is 1. The molecule has 0 aliphatic carbocycles. The molecule has 0 aromatic heterocycles. The Balaban J connectivity index is 2.32. The number of sulfonamides is 1. The number of carbonyl (C=O) groups is 1. The zero-order valence-corrected chi connectivity index (χ0v) is 12.3. The van der Waals surface area contributed by atoms with E-state index < -0.39 is 10.0 Å². The van der Waals surface area contributed by atoms with Crippen LogP contribution in [-0.4, -0.2) is 45.5 Å². The lowest BCUT2D eigenvalue weighted by molar-refractivity contribution is 0.0711. The Kier molecular flexibility index (Phi) is 4.12. The van der Waals surface area contributed by atoms with E-state index in [2.05, 4.69) is 0 Å². The van der Waals surface area contributed by atoms with Gasteiger partial charge in [0.15, 0.2) is 0 Å². The van der Waals surface area contributed by atoms with Crippen LogP contribution in [0, 0.1) is 6.92 Å². The van der Waals surface area contributed by atoms with Gasteiger partial charge in [0, 0.05) is 19.2 Å². The molecule has 1 saturated heterocycles. The van der Waals surface area contributed by atoms with Crippen LogP contribution in [-0.2, 0) is 14.8 Å². The number of amides is 1. The highest BCUT2D eigenvalue weighted by Crippen LogP contribution is 2.18. The van der Waals surface area contributed by atoms with E-state index in [1.807, 2.05) is 0 Å². The zero-order chi connectivity index (χ0) is 14.9. The molecule has 1 amide bonds. The average Bonchev–Trinajstić information content (AvgIpc) is 2.89. The molecule has 1 heterocycles. The molecule has 1 atom stereocenters. The Labute approximate surface area is 118 Å². The van der Waals surface area contributed by atoms with Crippen LogP contribution in [0.3, 0.4) is 0 Å². The Morgan fingerprint density at radius 2 is 2.10 bits per heavy atom. The average molecular weight is 298 g/mol. The number of ether oxygens (including phenoxy) is 1. The Hall–Kier alpha value is -1.44. The van der Waals surface area contributed by atoms with Crippen molar-refractivity contribution in [3.63, 3.8) is 0 Å². The first kappa shape index (κ1) is 15.0. The number of hydrogen-bond acceptors (Lipinski definition) is 4. The van der Waals surface area contributed by atoms with Crippen LogP contribution < -0.4 is 5.14 Å². The number of nitrogens with zero attached hydrogens (tertiary/aromatic N) is 1. The van der Waals surface area contributed by atoms with Crippen LogP contribution in [0.2, 0.25) is 0 Å².